The Balaban J connectivity index is 2.05. The van der Waals surface area contributed by atoms with Crippen LogP contribution in [0.5, 0.6) is 0 Å². The average Bonchev–Trinajstić information content (AvgIpc) is 2.64. The summed E-state index contributed by atoms with van der Waals surface area (Å²) in [6.45, 7) is 0.510. The number of esters is 1. The lowest BCUT2D eigenvalue weighted by Gasteiger charge is -2.05. The van der Waals surface area contributed by atoms with Crippen molar-refractivity contribution in [1.82, 2.24) is 0 Å². The number of carbonyl (C=O) groups is 1. The molecule has 0 bridgehead atoms. The maximum absolute atomic E-state index is 10.9. The maximum atomic E-state index is 10.9. The highest BCUT2D eigenvalue weighted by Gasteiger charge is 2.23. The lowest BCUT2D eigenvalue weighted by atomic mass is 9.97. The van der Waals surface area contributed by atoms with Crippen LogP contribution in [-0.2, 0) is 16.0 Å². The minimum Gasteiger partial charge on any atom is -0.465 e. The van der Waals surface area contributed by atoms with Gasteiger partial charge in [-0.05, 0) is 24.1 Å². The molecule has 0 aliphatic carbocycles. The Morgan fingerprint density at radius 3 is 3.07 bits per heavy atom. The van der Waals surface area contributed by atoms with Gasteiger partial charge in [-0.2, -0.15) is 5.26 Å². The molecule has 0 aromatic heterocycles. The molecule has 0 radical (unpaired) electrons. The first-order valence-electron chi connectivity index (χ1n) is 4.92. The van der Waals surface area contributed by atoms with Crippen LogP contribution in [0.4, 0.5) is 0 Å². The molecule has 0 spiro atoms. The second kappa shape index (κ2) is 4.14. The first-order valence-corrected chi connectivity index (χ1v) is 4.92. The Kier molecular flexibility index (Phi) is 2.68. The lowest BCUT2D eigenvalue weighted by Crippen LogP contribution is -2.03. The maximum Gasteiger partial charge on any atom is 0.306 e. The number of ether oxygens (including phenoxy) is 1. The zero-order chi connectivity index (χ0) is 10.7. The first kappa shape index (κ1) is 9.72. The molecule has 15 heavy (non-hydrogen) atoms. The molecule has 1 atom stereocenters. The molecule has 1 aromatic carbocycles. The summed E-state index contributed by atoms with van der Waals surface area (Å²) >= 11 is 0. The van der Waals surface area contributed by atoms with Crippen molar-refractivity contribution in [2.45, 2.75) is 12.8 Å². The molecule has 1 saturated heterocycles. The van der Waals surface area contributed by atoms with Crippen molar-refractivity contribution in [2.24, 2.45) is 5.92 Å². The van der Waals surface area contributed by atoms with E-state index in [0.29, 0.717) is 18.6 Å². The number of benzene rings is 1. The highest BCUT2D eigenvalue weighted by Crippen LogP contribution is 2.19. The van der Waals surface area contributed by atoms with E-state index < -0.39 is 0 Å². The molecule has 1 aliphatic heterocycles. The first-order chi connectivity index (χ1) is 7.28. The van der Waals surface area contributed by atoms with Gasteiger partial charge in [0.25, 0.3) is 0 Å². The quantitative estimate of drug-likeness (QED) is 0.684. The van der Waals surface area contributed by atoms with Crippen molar-refractivity contribution in [3.05, 3.63) is 35.4 Å². The number of nitriles is 1. The number of nitrogens with zero attached hydrogens (tertiary/aromatic N) is 1. The Labute approximate surface area is 88.3 Å². The Bertz CT molecular complexity index is 420. The third-order valence-electron chi connectivity index (χ3n) is 2.52. The van der Waals surface area contributed by atoms with E-state index in [9.17, 15) is 4.79 Å². The van der Waals surface area contributed by atoms with Crippen LogP contribution < -0.4 is 0 Å². The zero-order valence-corrected chi connectivity index (χ0v) is 8.27. The summed E-state index contributed by atoms with van der Waals surface area (Å²) in [5.74, 6) is 0.155. The monoisotopic (exact) mass is 201 g/mol. The molecule has 2 rings (SSSR count). The third kappa shape index (κ3) is 2.35. The average molecular weight is 201 g/mol. The molecule has 0 unspecified atom stereocenters. The minimum absolute atomic E-state index is 0.114. The molecule has 3 heteroatoms. The van der Waals surface area contributed by atoms with Crippen LogP contribution in [-0.4, -0.2) is 12.6 Å². The van der Waals surface area contributed by atoms with Gasteiger partial charge in [-0.15, -0.1) is 0 Å². The predicted molar refractivity (Wildman–Crippen MR) is 53.9 cm³/mol. The number of carbonyl (C=O) groups excluding carboxylic acids is 1. The van der Waals surface area contributed by atoms with Crippen LogP contribution in [0.25, 0.3) is 0 Å². The molecule has 76 valence electrons. The second-order valence-corrected chi connectivity index (χ2v) is 3.77. The topological polar surface area (TPSA) is 50.1 Å². The predicted octanol–water partition coefficient (Wildman–Crippen LogP) is 1.66. The van der Waals surface area contributed by atoms with Gasteiger partial charge in [0.2, 0.25) is 0 Å². The summed E-state index contributed by atoms with van der Waals surface area (Å²) in [6.07, 6.45) is 1.30. The van der Waals surface area contributed by atoms with Gasteiger partial charge in [-0.25, -0.2) is 0 Å². The number of hydrogen-bond acceptors (Lipinski definition) is 3. The van der Waals surface area contributed by atoms with E-state index >= 15 is 0 Å². The largest absolute Gasteiger partial charge is 0.465 e. The van der Waals surface area contributed by atoms with Gasteiger partial charge in [-0.1, -0.05) is 12.1 Å². The summed E-state index contributed by atoms with van der Waals surface area (Å²) in [5.41, 5.74) is 1.76. The van der Waals surface area contributed by atoms with Crippen molar-refractivity contribution in [2.75, 3.05) is 6.61 Å². The highest BCUT2D eigenvalue weighted by atomic mass is 16.5. The highest BCUT2D eigenvalue weighted by molar-refractivity contribution is 5.71. The molecule has 0 N–H and O–H groups in total. The van der Waals surface area contributed by atoms with Gasteiger partial charge in [-0.3, -0.25) is 4.79 Å². The molecule has 1 aromatic rings. The van der Waals surface area contributed by atoms with Crippen molar-refractivity contribution < 1.29 is 9.53 Å². The number of hydrogen-bond donors (Lipinski definition) is 0. The van der Waals surface area contributed by atoms with Gasteiger partial charge >= 0.3 is 5.97 Å². The smallest absolute Gasteiger partial charge is 0.306 e. The van der Waals surface area contributed by atoms with Crippen LogP contribution >= 0.6 is 0 Å². The van der Waals surface area contributed by atoms with Crippen LogP contribution in [0.3, 0.4) is 0 Å². The molecule has 0 amide bonds. The van der Waals surface area contributed by atoms with Gasteiger partial charge < -0.3 is 4.74 Å². The molecular formula is C12H11NO2. The van der Waals surface area contributed by atoms with Crippen molar-refractivity contribution in [3.8, 4) is 6.07 Å². The van der Waals surface area contributed by atoms with Crippen LogP contribution in [0.2, 0.25) is 0 Å². The molecule has 0 saturated carbocycles. The molecule has 1 aliphatic rings. The van der Waals surface area contributed by atoms with Gasteiger partial charge in [0.05, 0.1) is 24.7 Å². The van der Waals surface area contributed by atoms with E-state index in [2.05, 4.69) is 6.07 Å². The van der Waals surface area contributed by atoms with Crippen LogP contribution in [0, 0.1) is 17.2 Å². The SMILES string of the molecule is N#Cc1cccc(C[C@@H]2COC(=O)C2)c1. The molecule has 1 fully saturated rings. The fourth-order valence-electron chi connectivity index (χ4n) is 1.80. The van der Waals surface area contributed by atoms with E-state index in [0.717, 1.165) is 12.0 Å². The fourth-order valence-corrected chi connectivity index (χ4v) is 1.80. The second-order valence-electron chi connectivity index (χ2n) is 3.77. The van der Waals surface area contributed by atoms with Gasteiger partial charge in [0.1, 0.15) is 0 Å². The van der Waals surface area contributed by atoms with Crippen molar-refractivity contribution >= 4 is 5.97 Å². The summed E-state index contributed by atoms with van der Waals surface area (Å²) in [7, 11) is 0. The summed E-state index contributed by atoms with van der Waals surface area (Å²) in [4.78, 5) is 10.9. The minimum atomic E-state index is -0.114. The zero-order valence-electron chi connectivity index (χ0n) is 8.27. The number of cyclic esters (lactones) is 1. The summed E-state index contributed by atoms with van der Waals surface area (Å²) < 4.78 is 4.89. The van der Waals surface area contributed by atoms with Crippen LogP contribution in [0.15, 0.2) is 24.3 Å². The lowest BCUT2D eigenvalue weighted by molar-refractivity contribution is -0.137. The van der Waals surface area contributed by atoms with Gasteiger partial charge in [0, 0.05) is 5.92 Å². The fraction of sp³-hybridized carbons (Fsp3) is 0.333. The van der Waals surface area contributed by atoms with E-state index in [1.807, 2.05) is 18.2 Å². The van der Waals surface area contributed by atoms with Gasteiger partial charge in [0.15, 0.2) is 0 Å². The third-order valence-corrected chi connectivity index (χ3v) is 2.52. The van der Waals surface area contributed by atoms with Crippen LogP contribution in [0.1, 0.15) is 17.5 Å². The normalized spacial score (nSPS) is 19.7. The summed E-state index contributed by atoms with van der Waals surface area (Å²) in [6, 6.07) is 9.59. The number of rotatable bonds is 2. The van der Waals surface area contributed by atoms with Crippen molar-refractivity contribution in [3.63, 3.8) is 0 Å². The van der Waals surface area contributed by atoms with E-state index in [4.69, 9.17) is 10.00 Å². The van der Waals surface area contributed by atoms with Crippen molar-refractivity contribution in [1.29, 1.82) is 5.26 Å². The van der Waals surface area contributed by atoms with E-state index in [1.54, 1.807) is 6.07 Å². The molecule has 1 heterocycles. The Morgan fingerprint density at radius 2 is 2.40 bits per heavy atom. The standard InChI is InChI=1S/C12H11NO2/c13-7-10-3-1-2-9(4-10)5-11-6-12(14)15-8-11/h1-4,11H,5-6,8H2/t11-/m0/s1. The summed E-state index contributed by atoms with van der Waals surface area (Å²) in [5, 5.41) is 8.74. The van der Waals surface area contributed by atoms with E-state index in [-0.39, 0.29) is 11.9 Å². The Hall–Kier alpha value is -1.82. The molecular weight excluding hydrogens is 190 g/mol. The van der Waals surface area contributed by atoms with E-state index in [1.165, 1.54) is 0 Å². The molecule has 3 nitrogen and oxygen atoms in total. The Morgan fingerprint density at radius 1 is 1.53 bits per heavy atom.